The molecule has 0 radical (unpaired) electrons. The summed E-state index contributed by atoms with van der Waals surface area (Å²) < 4.78 is 0. The highest BCUT2D eigenvalue weighted by Crippen LogP contribution is 2.34. The second kappa shape index (κ2) is 5.53. The summed E-state index contributed by atoms with van der Waals surface area (Å²) in [6.45, 7) is 1.69. The standard InChI is InChI=1S/C11H12Cl2O3/c1-2-6(11(15)16)10(14)7-4-3-5-8(12)9(7)13/h3-6,10,14H,2H2,1H3,(H,15,16). The molecule has 0 aromatic heterocycles. The summed E-state index contributed by atoms with van der Waals surface area (Å²) in [5, 5.41) is 19.4. The first-order valence-corrected chi connectivity index (χ1v) is 5.59. The fraction of sp³-hybridized carbons (Fsp3) is 0.364. The van der Waals surface area contributed by atoms with Crippen LogP contribution in [-0.2, 0) is 4.79 Å². The van der Waals surface area contributed by atoms with Gasteiger partial charge >= 0.3 is 5.97 Å². The number of carboxylic acid groups (broad SMARTS) is 1. The third-order valence-electron chi connectivity index (χ3n) is 2.44. The fourth-order valence-corrected chi connectivity index (χ4v) is 1.92. The number of carbonyl (C=O) groups is 1. The maximum atomic E-state index is 10.9. The number of aliphatic carboxylic acids is 1. The van der Waals surface area contributed by atoms with E-state index in [2.05, 4.69) is 0 Å². The van der Waals surface area contributed by atoms with Crippen LogP contribution in [0.15, 0.2) is 18.2 Å². The molecule has 0 amide bonds. The van der Waals surface area contributed by atoms with Gasteiger partial charge in [-0.1, -0.05) is 42.3 Å². The number of halogens is 2. The zero-order valence-electron chi connectivity index (χ0n) is 8.65. The van der Waals surface area contributed by atoms with Gasteiger partial charge in [-0.2, -0.15) is 0 Å². The SMILES string of the molecule is CCC(C(=O)O)C(O)c1cccc(Cl)c1Cl. The fourth-order valence-electron chi connectivity index (χ4n) is 1.50. The molecule has 1 aromatic carbocycles. The summed E-state index contributed by atoms with van der Waals surface area (Å²) in [5.74, 6) is -1.93. The molecule has 5 heteroatoms. The van der Waals surface area contributed by atoms with Crippen molar-refractivity contribution in [3.63, 3.8) is 0 Å². The van der Waals surface area contributed by atoms with Gasteiger partial charge in [0.15, 0.2) is 0 Å². The van der Waals surface area contributed by atoms with Crippen molar-refractivity contribution in [3.8, 4) is 0 Å². The summed E-state index contributed by atoms with van der Waals surface area (Å²) in [4.78, 5) is 10.9. The Balaban J connectivity index is 3.08. The Kier molecular flexibility index (Phi) is 4.59. The van der Waals surface area contributed by atoms with Crippen molar-refractivity contribution in [2.75, 3.05) is 0 Å². The summed E-state index contributed by atoms with van der Waals surface area (Å²) in [6, 6.07) is 4.79. The van der Waals surface area contributed by atoms with E-state index < -0.39 is 18.0 Å². The van der Waals surface area contributed by atoms with E-state index >= 15 is 0 Å². The van der Waals surface area contributed by atoms with E-state index in [1.54, 1.807) is 25.1 Å². The molecule has 88 valence electrons. The van der Waals surface area contributed by atoms with Gasteiger partial charge in [0.25, 0.3) is 0 Å². The van der Waals surface area contributed by atoms with Crippen molar-refractivity contribution in [1.82, 2.24) is 0 Å². The minimum absolute atomic E-state index is 0.205. The van der Waals surface area contributed by atoms with Crippen LogP contribution in [0.4, 0.5) is 0 Å². The van der Waals surface area contributed by atoms with E-state index in [1.807, 2.05) is 0 Å². The number of aliphatic hydroxyl groups is 1. The predicted octanol–water partition coefficient (Wildman–Crippen LogP) is 3.14. The quantitative estimate of drug-likeness (QED) is 0.877. The molecule has 0 aliphatic rings. The van der Waals surface area contributed by atoms with Crippen molar-refractivity contribution in [2.45, 2.75) is 19.4 Å². The Morgan fingerprint density at radius 3 is 2.56 bits per heavy atom. The lowest BCUT2D eigenvalue weighted by Crippen LogP contribution is -2.21. The summed E-state index contributed by atoms with van der Waals surface area (Å²) in [5.41, 5.74) is 0.350. The first-order valence-electron chi connectivity index (χ1n) is 4.83. The van der Waals surface area contributed by atoms with E-state index in [0.717, 1.165) is 0 Å². The van der Waals surface area contributed by atoms with Crippen LogP contribution >= 0.6 is 23.2 Å². The van der Waals surface area contributed by atoms with E-state index in [4.69, 9.17) is 28.3 Å². The van der Waals surface area contributed by atoms with Gasteiger partial charge in [-0.15, -0.1) is 0 Å². The maximum absolute atomic E-state index is 10.9. The number of aliphatic hydroxyl groups excluding tert-OH is 1. The van der Waals surface area contributed by atoms with Gasteiger partial charge in [0, 0.05) is 5.56 Å². The van der Waals surface area contributed by atoms with E-state index in [9.17, 15) is 9.90 Å². The first kappa shape index (κ1) is 13.3. The number of benzene rings is 1. The van der Waals surface area contributed by atoms with Gasteiger partial charge in [-0.25, -0.2) is 0 Å². The normalized spacial score (nSPS) is 14.5. The second-order valence-electron chi connectivity index (χ2n) is 3.44. The molecular formula is C11H12Cl2O3. The van der Waals surface area contributed by atoms with Crippen LogP contribution in [0.3, 0.4) is 0 Å². The summed E-state index contributed by atoms with van der Waals surface area (Å²) in [7, 11) is 0. The molecule has 3 nitrogen and oxygen atoms in total. The van der Waals surface area contributed by atoms with Crippen LogP contribution in [0, 0.1) is 5.92 Å². The highest BCUT2D eigenvalue weighted by atomic mass is 35.5. The number of rotatable bonds is 4. The van der Waals surface area contributed by atoms with Gasteiger partial charge < -0.3 is 10.2 Å². The Bertz CT molecular complexity index is 393. The molecular weight excluding hydrogens is 251 g/mol. The van der Waals surface area contributed by atoms with Gasteiger partial charge in [-0.05, 0) is 12.5 Å². The Labute approximate surface area is 104 Å². The highest BCUT2D eigenvalue weighted by Gasteiger charge is 2.27. The Hall–Kier alpha value is -0.770. The molecule has 16 heavy (non-hydrogen) atoms. The minimum Gasteiger partial charge on any atom is -0.481 e. The predicted molar refractivity (Wildman–Crippen MR) is 62.8 cm³/mol. The number of hydrogen-bond acceptors (Lipinski definition) is 2. The van der Waals surface area contributed by atoms with Crippen molar-refractivity contribution in [3.05, 3.63) is 33.8 Å². The molecule has 2 atom stereocenters. The monoisotopic (exact) mass is 262 g/mol. The molecule has 0 saturated heterocycles. The highest BCUT2D eigenvalue weighted by molar-refractivity contribution is 6.42. The molecule has 0 fully saturated rings. The zero-order chi connectivity index (χ0) is 12.3. The molecule has 1 aromatic rings. The zero-order valence-corrected chi connectivity index (χ0v) is 10.2. The van der Waals surface area contributed by atoms with Crippen LogP contribution in [0.2, 0.25) is 10.0 Å². The van der Waals surface area contributed by atoms with Gasteiger partial charge in [-0.3, -0.25) is 4.79 Å². The average molecular weight is 263 g/mol. The largest absolute Gasteiger partial charge is 0.481 e. The lowest BCUT2D eigenvalue weighted by molar-refractivity contribution is -0.146. The van der Waals surface area contributed by atoms with Crippen LogP contribution in [0.25, 0.3) is 0 Å². The molecule has 2 unspecified atom stereocenters. The van der Waals surface area contributed by atoms with Crippen LogP contribution in [0.5, 0.6) is 0 Å². The summed E-state index contributed by atoms with van der Waals surface area (Å²) in [6.07, 6.45) is -0.826. The van der Waals surface area contributed by atoms with Crippen molar-refractivity contribution in [1.29, 1.82) is 0 Å². The van der Waals surface area contributed by atoms with Crippen molar-refractivity contribution >= 4 is 29.2 Å². The van der Waals surface area contributed by atoms with Crippen molar-refractivity contribution < 1.29 is 15.0 Å². The topological polar surface area (TPSA) is 57.5 Å². The molecule has 0 spiro atoms. The lowest BCUT2D eigenvalue weighted by Gasteiger charge is -2.19. The van der Waals surface area contributed by atoms with Crippen molar-refractivity contribution in [2.24, 2.45) is 5.92 Å². The lowest BCUT2D eigenvalue weighted by atomic mass is 9.93. The maximum Gasteiger partial charge on any atom is 0.309 e. The van der Waals surface area contributed by atoms with Crippen LogP contribution in [-0.4, -0.2) is 16.2 Å². The average Bonchev–Trinajstić information content (AvgIpc) is 2.22. The van der Waals surface area contributed by atoms with E-state index in [1.165, 1.54) is 0 Å². The number of carboxylic acids is 1. The Morgan fingerprint density at radius 2 is 2.06 bits per heavy atom. The van der Waals surface area contributed by atoms with Gasteiger partial charge in [0.05, 0.1) is 22.1 Å². The van der Waals surface area contributed by atoms with Gasteiger partial charge in [0.1, 0.15) is 0 Å². The Morgan fingerprint density at radius 1 is 1.44 bits per heavy atom. The van der Waals surface area contributed by atoms with E-state index in [-0.39, 0.29) is 5.02 Å². The molecule has 0 bridgehead atoms. The third-order valence-corrected chi connectivity index (χ3v) is 3.27. The molecule has 0 heterocycles. The second-order valence-corrected chi connectivity index (χ2v) is 4.23. The molecule has 2 N–H and O–H groups in total. The van der Waals surface area contributed by atoms with Gasteiger partial charge in [0.2, 0.25) is 0 Å². The molecule has 0 aliphatic heterocycles. The first-order chi connectivity index (χ1) is 7.49. The number of hydrogen-bond donors (Lipinski definition) is 2. The van der Waals surface area contributed by atoms with E-state index in [0.29, 0.717) is 17.0 Å². The molecule has 0 saturated carbocycles. The minimum atomic E-state index is -1.14. The smallest absolute Gasteiger partial charge is 0.309 e. The molecule has 1 rings (SSSR count). The van der Waals surface area contributed by atoms with Crippen LogP contribution in [0.1, 0.15) is 25.0 Å². The summed E-state index contributed by atoms with van der Waals surface area (Å²) >= 11 is 11.7. The third kappa shape index (κ3) is 2.67. The molecule has 0 aliphatic carbocycles. The van der Waals surface area contributed by atoms with Crippen LogP contribution < -0.4 is 0 Å².